The van der Waals surface area contributed by atoms with Crippen LogP contribution in [0.4, 0.5) is 5.69 Å². The standard InChI is InChI=1S/C11H15ClN2O5S/c1-18-10-6-9(13)8(12)5-7(10)11(15)19-3-2-4-20(14,16)17/h5-6H,2-4,13H2,1H3,(H2,14,16,17). The molecule has 0 unspecified atom stereocenters. The number of benzene rings is 1. The van der Waals surface area contributed by atoms with Crippen molar-refractivity contribution in [3.63, 3.8) is 0 Å². The number of carbonyl (C=O) groups excluding carboxylic acids is 1. The Morgan fingerprint density at radius 3 is 2.60 bits per heavy atom. The number of nitrogen functional groups attached to an aromatic ring is 1. The van der Waals surface area contributed by atoms with Crippen molar-refractivity contribution in [1.82, 2.24) is 0 Å². The first kappa shape index (κ1) is 16.5. The summed E-state index contributed by atoms with van der Waals surface area (Å²) in [6.07, 6.45) is 0.107. The fourth-order valence-electron chi connectivity index (χ4n) is 1.40. The molecule has 4 N–H and O–H groups in total. The maximum absolute atomic E-state index is 11.8. The number of hydrogen-bond acceptors (Lipinski definition) is 6. The van der Waals surface area contributed by atoms with Gasteiger partial charge in [-0.3, -0.25) is 0 Å². The molecule has 0 bridgehead atoms. The maximum Gasteiger partial charge on any atom is 0.341 e. The summed E-state index contributed by atoms with van der Waals surface area (Å²) < 4.78 is 31.4. The summed E-state index contributed by atoms with van der Waals surface area (Å²) in [5, 5.41) is 5.02. The van der Waals surface area contributed by atoms with Crippen LogP contribution in [0, 0.1) is 0 Å². The van der Waals surface area contributed by atoms with Crippen LogP contribution in [0.2, 0.25) is 5.02 Å². The highest BCUT2D eigenvalue weighted by Crippen LogP contribution is 2.29. The SMILES string of the molecule is COc1cc(N)c(Cl)cc1C(=O)OCCCS(N)(=O)=O. The molecule has 0 aliphatic heterocycles. The zero-order valence-corrected chi connectivity index (χ0v) is 12.3. The lowest BCUT2D eigenvalue weighted by Gasteiger charge is -2.10. The first-order valence-electron chi connectivity index (χ1n) is 5.55. The van der Waals surface area contributed by atoms with E-state index in [0.29, 0.717) is 0 Å². The number of nitrogens with two attached hydrogens (primary N) is 2. The van der Waals surface area contributed by atoms with Crippen molar-refractivity contribution in [3.8, 4) is 5.75 Å². The monoisotopic (exact) mass is 322 g/mol. The highest BCUT2D eigenvalue weighted by Gasteiger charge is 2.16. The molecule has 112 valence electrons. The van der Waals surface area contributed by atoms with Crippen LogP contribution in [-0.2, 0) is 14.8 Å². The lowest BCUT2D eigenvalue weighted by molar-refractivity contribution is 0.0502. The van der Waals surface area contributed by atoms with E-state index >= 15 is 0 Å². The van der Waals surface area contributed by atoms with Crippen LogP contribution in [0.1, 0.15) is 16.8 Å². The molecule has 0 heterocycles. The number of esters is 1. The third-order valence-corrected chi connectivity index (χ3v) is 3.53. The van der Waals surface area contributed by atoms with Crippen LogP contribution in [0.25, 0.3) is 0 Å². The minimum atomic E-state index is -3.57. The van der Waals surface area contributed by atoms with Crippen molar-refractivity contribution in [2.75, 3.05) is 25.2 Å². The average molecular weight is 323 g/mol. The first-order valence-corrected chi connectivity index (χ1v) is 7.64. The van der Waals surface area contributed by atoms with Gasteiger partial charge in [0.25, 0.3) is 0 Å². The van der Waals surface area contributed by atoms with Crippen molar-refractivity contribution in [1.29, 1.82) is 0 Å². The Balaban J connectivity index is 2.70. The van der Waals surface area contributed by atoms with E-state index in [4.69, 9.17) is 31.9 Å². The predicted molar refractivity (Wildman–Crippen MR) is 75.3 cm³/mol. The highest BCUT2D eigenvalue weighted by atomic mass is 35.5. The molecule has 0 radical (unpaired) electrons. The van der Waals surface area contributed by atoms with Crippen LogP contribution >= 0.6 is 11.6 Å². The summed E-state index contributed by atoms with van der Waals surface area (Å²) in [5.74, 6) is -0.721. The Morgan fingerprint density at radius 1 is 1.40 bits per heavy atom. The van der Waals surface area contributed by atoms with Gasteiger partial charge in [0.05, 0.1) is 30.2 Å². The molecule has 0 amide bonds. The van der Waals surface area contributed by atoms with E-state index in [1.54, 1.807) is 0 Å². The van der Waals surface area contributed by atoms with E-state index in [9.17, 15) is 13.2 Å². The van der Waals surface area contributed by atoms with Crippen molar-refractivity contribution >= 4 is 33.3 Å². The van der Waals surface area contributed by atoms with E-state index in [1.807, 2.05) is 0 Å². The van der Waals surface area contributed by atoms with Gasteiger partial charge in [-0.2, -0.15) is 0 Å². The second kappa shape index (κ2) is 6.78. The highest BCUT2D eigenvalue weighted by molar-refractivity contribution is 7.89. The summed E-state index contributed by atoms with van der Waals surface area (Å²) in [7, 11) is -2.19. The number of carbonyl (C=O) groups is 1. The molecule has 0 atom stereocenters. The number of rotatable bonds is 6. The number of primary sulfonamides is 1. The van der Waals surface area contributed by atoms with Gasteiger partial charge in [-0.15, -0.1) is 0 Å². The molecule has 0 aliphatic carbocycles. The van der Waals surface area contributed by atoms with Gasteiger partial charge in [-0.25, -0.2) is 18.4 Å². The molecule has 0 aromatic heterocycles. The molecule has 0 saturated carbocycles. The molecular formula is C11H15ClN2O5S. The van der Waals surface area contributed by atoms with E-state index in [-0.39, 0.29) is 40.8 Å². The minimum Gasteiger partial charge on any atom is -0.496 e. The van der Waals surface area contributed by atoms with Gasteiger partial charge < -0.3 is 15.2 Å². The van der Waals surface area contributed by atoms with Crippen molar-refractivity contribution in [2.24, 2.45) is 5.14 Å². The molecule has 0 fully saturated rings. The zero-order chi connectivity index (χ0) is 15.3. The molecule has 0 spiro atoms. The van der Waals surface area contributed by atoms with Crippen LogP contribution < -0.4 is 15.6 Å². The van der Waals surface area contributed by atoms with Gasteiger partial charge in [-0.1, -0.05) is 11.6 Å². The smallest absolute Gasteiger partial charge is 0.341 e. The Hall–Kier alpha value is -1.51. The molecule has 1 aromatic rings. The number of methoxy groups -OCH3 is 1. The number of anilines is 1. The van der Waals surface area contributed by atoms with Gasteiger partial charge in [0.2, 0.25) is 10.0 Å². The summed E-state index contributed by atoms with van der Waals surface area (Å²) in [4.78, 5) is 11.8. The average Bonchev–Trinajstić information content (AvgIpc) is 2.36. The van der Waals surface area contributed by atoms with Crippen LogP contribution in [0.3, 0.4) is 0 Å². The lowest BCUT2D eigenvalue weighted by Crippen LogP contribution is -2.18. The minimum absolute atomic E-state index is 0.0829. The van der Waals surface area contributed by atoms with Crippen molar-refractivity contribution < 1.29 is 22.7 Å². The Morgan fingerprint density at radius 2 is 2.05 bits per heavy atom. The molecule has 9 heteroatoms. The fourth-order valence-corrected chi connectivity index (χ4v) is 2.08. The molecular weight excluding hydrogens is 308 g/mol. The number of sulfonamides is 1. The first-order chi connectivity index (χ1) is 9.24. The molecule has 7 nitrogen and oxygen atoms in total. The summed E-state index contributed by atoms with van der Waals surface area (Å²) >= 11 is 5.82. The quantitative estimate of drug-likeness (QED) is 0.453. The van der Waals surface area contributed by atoms with Gasteiger partial charge in [0.15, 0.2) is 0 Å². The van der Waals surface area contributed by atoms with Crippen LogP contribution in [0.5, 0.6) is 5.75 Å². The third kappa shape index (κ3) is 4.87. The van der Waals surface area contributed by atoms with Crippen molar-refractivity contribution in [2.45, 2.75) is 6.42 Å². The zero-order valence-electron chi connectivity index (χ0n) is 10.8. The molecule has 0 saturated heterocycles. The van der Waals surface area contributed by atoms with Gasteiger partial charge >= 0.3 is 5.97 Å². The largest absolute Gasteiger partial charge is 0.496 e. The van der Waals surface area contributed by atoms with Gasteiger partial charge in [0.1, 0.15) is 11.3 Å². The topological polar surface area (TPSA) is 122 Å². The molecule has 0 aliphatic rings. The Labute approximate surface area is 121 Å². The lowest BCUT2D eigenvalue weighted by atomic mass is 10.2. The predicted octanol–water partition coefficient (Wildman–Crippen LogP) is 0.766. The van der Waals surface area contributed by atoms with E-state index in [0.717, 1.165) is 0 Å². The summed E-state index contributed by atoms with van der Waals surface area (Å²) in [6.45, 7) is -0.0829. The number of ether oxygens (including phenoxy) is 2. The normalized spacial score (nSPS) is 11.2. The fraction of sp³-hybridized carbons (Fsp3) is 0.364. The maximum atomic E-state index is 11.8. The number of halogens is 1. The van der Waals surface area contributed by atoms with Gasteiger partial charge in [-0.05, 0) is 12.5 Å². The van der Waals surface area contributed by atoms with E-state index in [2.05, 4.69) is 0 Å². The Bertz CT molecular complexity index is 603. The molecule has 1 rings (SSSR count). The van der Waals surface area contributed by atoms with E-state index < -0.39 is 16.0 Å². The molecule has 20 heavy (non-hydrogen) atoms. The second-order valence-electron chi connectivity index (χ2n) is 3.93. The third-order valence-electron chi connectivity index (χ3n) is 2.35. The van der Waals surface area contributed by atoms with Crippen LogP contribution in [0.15, 0.2) is 12.1 Å². The summed E-state index contributed by atoms with van der Waals surface area (Å²) in [6, 6.07) is 2.74. The summed E-state index contributed by atoms with van der Waals surface area (Å²) in [5.41, 5.74) is 5.98. The molecule has 1 aromatic carbocycles. The van der Waals surface area contributed by atoms with Crippen molar-refractivity contribution in [3.05, 3.63) is 22.7 Å². The van der Waals surface area contributed by atoms with Gasteiger partial charge in [0, 0.05) is 6.07 Å². The Kier molecular flexibility index (Phi) is 5.61. The van der Waals surface area contributed by atoms with E-state index in [1.165, 1.54) is 19.2 Å². The number of hydrogen-bond donors (Lipinski definition) is 2. The second-order valence-corrected chi connectivity index (χ2v) is 6.07. The van der Waals surface area contributed by atoms with Crippen LogP contribution in [-0.4, -0.2) is 33.9 Å².